The Kier molecular flexibility index (Phi) is 3.69. The molecule has 1 saturated heterocycles. The van der Waals surface area contributed by atoms with Gasteiger partial charge in [-0.3, -0.25) is 0 Å². The summed E-state index contributed by atoms with van der Waals surface area (Å²) in [6, 6.07) is 14.6. The highest BCUT2D eigenvalue weighted by molar-refractivity contribution is 7.89. The number of hydrogen-bond donors (Lipinski definition) is 1. The Bertz CT molecular complexity index is 716. The van der Waals surface area contributed by atoms with Crippen LogP contribution in [0.4, 0.5) is 5.69 Å². The van der Waals surface area contributed by atoms with E-state index >= 15 is 0 Å². The molecule has 2 aromatic rings. The highest BCUT2D eigenvalue weighted by Crippen LogP contribution is 2.25. The van der Waals surface area contributed by atoms with Crippen LogP contribution in [0.15, 0.2) is 53.4 Å². The lowest BCUT2D eigenvalue weighted by atomic mass is 10.1. The van der Waals surface area contributed by atoms with Crippen molar-refractivity contribution in [3.05, 3.63) is 48.5 Å². The maximum atomic E-state index is 12.4. The molecule has 3 rings (SSSR count). The fraction of sp³-hybridized carbons (Fsp3) is 0.250. The van der Waals surface area contributed by atoms with Crippen LogP contribution in [-0.4, -0.2) is 25.8 Å². The van der Waals surface area contributed by atoms with Crippen molar-refractivity contribution in [2.75, 3.05) is 18.8 Å². The summed E-state index contributed by atoms with van der Waals surface area (Å²) in [4.78, 5) is 0.364. The fourth-order valence-corrected chi connectivity index (χ4v) is 4.09. The molecule has 1 aliphatic rings. The highest BCUT2D eigenvalue weighted by Gasteiger charge is 2.26. The first-order valence-corrected chi connectivity index (χ1v) is 8.47. The Morgan fingerprint density at radius 1 is 0.810 bits per heavy atom. The van der Waals surface area contributed by atoms with E-state index in [9.17, 15) is 8.42 Å². The molecule has 0 radical (unpaired) electrons. The summed E-state index contributed by atoms with van der Waals surface area (Å²) in [6.45, 7) is 1.25. The molecule has 0 spiro atoms. The van der Waals surface area contributed by atoms with Gasteiger partial charge < -0.3 is 5.73 Å². The number of nitrogen functional groups attached to an aromatic ring is 1. The van der Waals surface area contributed by atoms with Crippen LogP contribution in [0.1, 0.15) is 12.8 Å². The van der Waals surface area contributed by atoms with Gasteiger partial charge >= 0.3 is 0 Å². The Balaban J connectivity index is 1.88. The second-order valence-corrected chi connectivity index (χ2v) is 7.20. The number of nitrogens with two attached hydrogens (primary N) is 1. The van der Waals surface area contributed by atoms with Gasteiger partial charge in [0, 0.05) is 18.8 Å². The van der Waals surface area contributed by atoms with Crippen molar-refractivity contribution >= 4 is 15.7 Å². The van der Waals surface area contributed by atoms with Gasteiger partial charge in [-0.15, -0.1) is 0 Å². The molecule has 1 fully saturated rings. The molecule has 110 valence electrons. The van der Waals surface area contributed by atoms with E-state index in [0.29, 0.717) is 23.7 Å². The van der Waals surface area contributed by atoms with Crippen molar-refractivity contribution in [3.63, 3.8) is 0 Å². The van der Waals surface area contributed by atoms with Gasteiger partial charge in [0.1, 0.15) is 0 Å². The van der Waals surface area contributed by atoms with Gasteiger partial charge in [0.15, 0.2) is 0 Å². The minimum Gasteiger partial charge on any atom is -0.399 e. The van der Waals surface area contributed by atoms with E-state index in [4.69, 9.17) is 5.73 Å². The maximum absolute atomic E-state index is 12.4. The maximum Gasteiger partial charge on any atom is 0.243 e. The second-order valence-electron chi connectivity index (χ2n) is 5.26. The predicted octanol–water partition coefficient (Wildman–Crippen LogP) is 2.72. The van der Waals surface area contributed by atoms with Gasteiger partial charge in [0.2, 0.25) is 10.0 Å². The number of hydrogen-bond acceptors (Lipinski definition) is 3. The quantitative estimate of drug-likeness (QED) is 0.887. The molecule has 4 nitrogen and oxygen atoms in total. The van der Waals surface area contributed by atoms with E-state index in [-0.39, 0.29) is 0 Å². The summed E-state index contributed by atoms with van der Waals surface area (Å²) in [5.74, 6) is 0. The molecular formula is C16H18N2O2S. The van der Waals surface area contributed by atoms with Gasteiger partial charge in [-0.05, 0) is 48.2 Å². The Hall–Kier alpha value is -1.85. The Morgan fingerprint density at radius 2 is 1.29 bits per heavy atom. The van der Waals surface area contributed by atoms with E-state index in [1.54, 1.807) is 16.4 Å². The Morgan fingerprint density at radius 3 is 1.81 bits per heavy atom. The lowest BCUT2D eigenvalue weighted by Crippen LogP contribution is -2.27. The van der Waals surface area contributed by atoms with Crippen molar-refractivity contribution in [1.29, 1.82) is 0 Å². The molecule has 2 aromatic carbocycles. The van der Waals surface area contributed by atoms with E-state index in [0.717, 1.165) is 24.0 Å². The third-order valence-electron chi connectivity index (χ3n) is 3.80. The van der Waals surface area contributed by atoms with Crippen LogP contribution in [0, 0.1) is 0 Å². The Labute approximate surface area is 125 Å². The van der Waals surface area contributed by atoms with Crippen molar-refractivity contribution in [2.24, 2.45) is 0 Å². The highest BCUT2D eigenvalue weighted by atomic mass is 32.2. The van der Waals surface area contributed by atoms with Crippen LogP contribution < -0.4 is 5.73 Å². The van der Waals surface area contributed by atoms with Gasteiger partial charge in [0.05, 0.1) is 4.90 Å². The third kappa shape index (κ3) is 2.80. The molecule has 0 saturated carbocycles. The number of sulfonamides is 1. The molecule has 0 bridgehead atoms. The average molecular weight is 302 g/mol. The zero-order valence-electron chi connectivity index (χ0n) is 11.7. The van der Waals surface area contributed by atoms with Gasteiger partial charge in [-0.2, -0.15) is 4.31 Å². The predicted molar refractivity (Wildman–Crippen MR) is 84.3 cm³/mol. The molecule has 1 aliphatic heterocycles. The van der Waals surface area contributed by atoms with Crippen LogP contribution in [-0.2, 0) is 10.0 Å². The average Bonchev–Trinajstić information content (AvgIpc) is 3.03. The normalized spacial score (nSPS) is 16.2. The van der Waals surface area contributed by atoms with Crippen LogP contribution in [0.3, 0.4) is 0 Å². The molecule has 0 aromatic heterocycles. The summed E-state index contributed by atoms with van der Waals surface area (Å²) in [7, 11) is -3.33. The van der Waals surface area contributed by atoms with Crippen LogP contribution in [0.25, 0.3) is 11.1 Å². The molecule has 2 N–H and O–H groups in total. The van der Waals surface area contributed by atoms with Gasteiger partial charge in [0.25, 0.3) is 0 Å². The summed E-state index contributed by atoms with van der Waals surface area (Å²) in [6.07, 6.45) is 1.89. The summed E-state index contributed by atoms with van der Waals surface area (Å²) in [5.41, 5.74) is 8.39. The first-order valence-electron chi connectivity index (χ1n) is 7.03. The first-order chi connectivity index (χ1) is 10.1. The van der Waals surface area contributed by atoms with Gasteiger partial charge in [-0.1, -0.05) is 24.3 Å². The zero-order chi connectivity index (χ0) is 14.9. The molecule has 1 heterocycles. The van der Waals surface area contributed by atoms with E-state index in [2.05, 4.69) is 0 Å². The summed E-state index contributed by atoms with van der Waals surface area (Å²) < 4.78 is 26.4. The molecular weight excluding hydrogens is 284 g/mol. The summed E-state index contributed by atoms with van der Waals surface area (Å²) >= 11 is 0. The standard InChI is InChI=1S/C16H18N2O2S/c17-15-7-3-13(4-8-15)14-5-9-16(10-6-14)21(19,20)18-11-1-2-12-18/h3-10H,1-2,11-12,17H2. The first kappa shape index (κ1) is 14.1. The van der Waals surface area contributed by atoms with Crippen LogP contribution in [0.5, 0.6) is 0 Å². The zero-order valence-corrected chi connectivity index (χ0v) is 12.5. The summed E-state index contributed by atoms with van der Waals surface area (Å²) in [5, 5.41) is 0. The monoisotopic (exact) mass is 302 g/mol. The lowest BCUT2D eigenvalue weighted by molar-refractivity contribution is 0.477. The van der Waals surface area contributed by atoms with E-state index in [1.165, 1.54) is 0 Å². The minimum atomic E-state index is -3.33. The number of anilines is 1. The third-order valence-corrected chi connectivity index (χ3v) is 5.71. The largest absolute Gasteiger partial charge is 0.399 e. The topological polar surface area (TPSA) is 63.4 Å². The second kappa shape index (κ2) is 5.50. The fourth-order valence-electron chi connectivity index (χ4n) is 2.57. The van der Waals surface area contributed by atoms with E-state index < -0.39 is 10.0 Å². The molecule has 21 heavy (non-hydrogen) atoms. The lowest BCUT2D eigenvalue weighted by Gasteiger charge is -2.15. The number of rotatable bonds is 3. The van der Waals surface area contributed by atoms with Crippen molar-refractivity contribution in [1.82, 2.24) is 4.31 Å². The van der Waals surface area contributed by atoms with Gasteiger partial charge in [-0.25, -0.2) is 8.42 Å². The number of nitrogens with zero attached hydrogens (tertiary/aromatic N) is 1. The molecule has 5 heteroatoms. The molecule has 0 aliphatic carbocycles. The minimum absolute atomic E-state index is 0.364. The van der Waals surface area contributed by atoms with Crippen molar-refractivity contribution in [3.8, 4) is 11.1 Å². The van der Waals surface area contributed by atoms with Crippen molar-refractivity contribution < 1.29 is 8.42 Å². The molecule has 0 amide bonds. The molecule has 0 unspecified atom stereocenters. The number of benzene rings is 2. The van der Waals surface area contributed by atoms with Crippen LogP contribution in [0.2, 0.25) is 0 Å². The SMILES string of the molecule is Nc1ccc(-c2ccc(S(=O)(=O)N3CCCC3)cc2)cc1. The van der Waals surface area contributed by atoms with Crippen LogP contribution >= 0.6 is 0 Å². The van der Waals surface area contributed by atoms with E-state index in [1.807, 2.05) is 36.4 Å². The van der Waals surface area contributed by atoms with Crippen molar-refractivity contribution in [2.45, 2.75) is 17.7 Å². The molecule has 0 atom stereocenters. The smallest absolute Gasteiger partial charge is 0.243 e.